The van der Waals surface area contributed by atoms with Gasteiger partial charge >= 0.3 is 0 Å². The van der Waals surface area contributed by atoms with Gasteiger partial charge in [0.25, 0.3) is 0 Å². The Balaban J connectivity index is 0.00000196. The minimum absolute atomic E-state index is 0. The molecule has 160 valence electrons. The molecule has 1 aromatic carbocycles. The Morgan fingerprint density at radius 1 is 1.04 bits per heavy atom. The Labute approximate surface area is 183 Å². The monoisotopic (exact) mass is 429 g/mol. The number of rotatable bonds is 5. The molecule has 1 aliphatic carbocycles. The number of nitrogens with two attached hydrogens (primary N) is 1. The molecule has 1 heterocycles. The third-order valence-electron chi connectivity index (χ3n) is 6.53. The largest absolute Gasteiger partial charge is 0.399 e. The van der Waals surface area contributed by atoms with Crippen LogP contribution in [0.2, 0.25) is 0 Å². The Bertz CT molecular complexity index is 595. The van der Waals surface area contributed by atoms with E-state index in [1.54, 1.807) is 0 Å². The van der Waals surface area contributed by atoms with Crippen molar-refractivity contribution in [2.75, 3.05) is 31.9 Å². The van der Waals surface area contributed by atoms with Gasteiger partial charge in [0, 0.05) is 44.3 Å². The second-order valence-corrected chi connectivity index (χ2v) is 8.43. The Morgan fingerprint density at radius 2 is 1.64 bits per heavy atom. The molecule has 4 nitrogen and oxygen atoms in total. The second-order valence-electron chi connectivity index (χ2n) is 8.43. The molecule has 1 aromatic rings. The summed E-state index contributed by atoms with van der Waals surface area (Å²) in [7, 11) is 0. The maximum absolute atomic E-state index is 12.6. The highest BCUT2D eigenvalue weighted by atomic mass is 35.5. The van der Waals surface area contributed by atoms with Crippen LogP contribution in [-0.4, -0.2) is 47.9 Å². The Kier molecular flexibility index (Phi) is 10.6. The van der Waals surface area contributed by atoms with E-state index in [-0.39, 0.29) is 30.7 Å². The lowest BCUT2D eigenvalue weighted by atomic mass is 9.79. The second kappa shape index (κ2) is 11.9. The van der Waals surface area contributed by atoms with E-state index in [0.29, 0.717) is 6.42 Å². The number of para-hydroxylation sites is 1. The summed E-state index contributed by atoms with van der Waals surface area (Å²) in [6, 6.07) is 8.60. The fourth-order valence-corrected chi connectivity index (χ4v) is 4.63. The highest BCUT2D eigenvalue weighted by molar-refractivity contribution is 5.85. The number of halogens is 2. The summed E-state index contributed by atoms with van der Waals surface area (Å²) in [5.74, 6) is 2.01. The molecule has 1 saturated heterocycles. The first-order chi connectivity index (χ1) is 12.5. The number of hydrogen-bond acceptors (Lipinski definition) is 3. The van der Waals surface area contributed by atoms with Gasteiger partial charge in [-0.25, -0.2) is 0 Å². The molecule has 1 amide bonds. The van der Waals surface area contributed by atoms with E-state index >= 15 is 0 Å². The maximum atomic E-state index is 12.6. The summed E-state index contributed by atoms with van der Waals surface area (Å²) in [6.07, 6.45) is 6.73. The average Bonchev–Trinajstić information content (AvgIpc) is 2.67. The fraction of sp³-hybridized carbons (Fsp3) is 0.682. The first-order valence-electron chi connectivity index (χ1n) is 10.4. The first kappa shape index (κ1) is 25.1. The standard InChI is InChI=1S/C22H35N3O.2ClH/c1-17(2)18-7-10-20(11-8-18)24-13-15-25(16-14-24)22(26)12-9-19-5-3-4-6-21(19)23;;/h3-6,17-18,20H,7-16,23H2,1-2H3;2*1H. The third-order valence-corrected chi connectivity index (χ3v) is 6.53. The van der Waals surface area contributed by atoms with E-state index in [9.17, 15) is 4.79 Å². The molecule has 0 atom stereocenters. The Hall–Kier alpha value is -0.970. The number of anilines is 1. The van der Waals surface area contributed by atoms with Crippen LogP contribution in [0.4, 0.5) is 5.69 Å². The van der Waals surface area contributed by atoms with Gasteiger partial charge in [0.05, 0.1) is 0 Å². The van der Waals surface area contributed by atoms with Crippen LogP contribution in [0.3, 0.4) is 0 Å². The van der Waals surface area contributed by atoms with Crippen molar-refractivity contribution in [3.63, 3.8) is 0 Å². The van der Waals surface area contributed by atoms with Crippen molar-refractivity contribution in [2.24, 2.45) is 11.8 Å². The van der Waals surface area contributed by atoms with Gasteiger partial charge in [0.15, 0.2) is 0 Å². The lowest BCUT2D eigenvalue weighted by molar-refractivity contribution is -0.133. The van der Waals surface area contributed by atoms with Crippen molar-refractivity contribution in [1.29, 1.82) is 0 Å². The zero-order valence-electron chi connectivity index (χ0n) is 17.3. The van der Waals surface area contributed by atoms with Crippen LogP contribution in [0.25, 0.3) is 0 Å². The van der Waals surface area contributed by atoms with Gasteiger partial charge in [0.1, 0.15) is 0 Å². The summed E-state index contributed by atoms with van der Waals surface area (Å²) >= 11 is 0. The van der Waals surface area contributed by atoms with E-state index in [0.717, 1.165) is 61.7 Å². The number of nitrogens with zero attached hydrogens (tertiary/aromatic N) is 2. The van der Waals surface area contributed by atoms with Crippen LogP contribution in [0, 0.1) is 11.8 Å². The van der Waals surface area contributed by atoms with E-state index in [1.807, 2.05) is 24.3 Å². The van der Waals surface area contributed by atoms with Crippen LogP contribution in [0.1, 0.15) is 51.5 Å². The molecule has 3 rings (SSSR count). The number of hydrogen-bond donors (Lipinski definition) is 1. The minimum atomic E-state index is 0. The number of nitrogen functional groups attached to an aromatic ring is 1. The highest BCUT2D eigenvalue weighted by Crippen LogP contribution is 2.32. The van der Waals surface area contributed by atoms with Crippen LogP contribution in [-0.2, 0) is 11.2 Å². The average molecular weight is 430 g/mol. The summed E-state index contributed by atoms with van der Waals surface area (Å²) in [4.78, 5) is 17.2. The number of aryl methyl sites for hydroxylation is 1. The summed E-state index contributed by atoms with van der Waals surface area (Å²) < 4.78 is 0. The van der Waals surface area contributed by atoms with Crippen molar-refractivity contribution < 1.29 is 4.79 Å². The molecule has 6 heteroatoms. The zero-order valence-corrected chi connectivity index (χ0v) is 18.9. The van der Waals surface area contributed by atoms with Crippen LogP contribution < -0.4 is 5.73 Å². The molecule has 2 N–H and O–H groups in total. The van der Waals surface area contributed by atoms with Gasteiger partial charge in [-0.1, -0.05) is 32.0 Å². The molecule has 28 heavy (non-hydrogen) atoms. The molecule has 0 spiro atoms. The molecule has 2 fully saturated rings. The predicted molar refractivity (Wildman–Crippen MR) is 122 cm³/mol. The number of piperazine rings is 1. The van der Waals surface area contributed by atoms with Crippen molar-refractivity contribution in [1.82, 2.24) is 9.80 Å². The van der Waals surface area contributed by atoms with Gasteiger partial charge in [-0.3, -0.25) is 9.69 Å². The molecule has 0 aromatic heterocycles. The molecule has 0 bridgehead atoms. The van der Waals surface area contributed by atoms with Gasteiger partial charge in [-0.05, 0) is 55.6 Å². The van der Waals surface area contributed by atoms with Crippen LogP contribution >= 0.6 is 24.8 Å². The molecular weight excluding hydrogens is 393 g/mol. The lowest BCUT2D eigenvalue weighted by Crippen LogP contribution is -2.52. The Morgan fingerprint density at radius 3 is 2.21 bits per heavy atom. The van der Waals surface area contributed by atoms with Crippen LogP contribution in [0.5, 0.6) is 0 Å². The smallest absolute Gasteiger partial charge is 0.222 e. The van der Waals surface area contributed by atoms with Crippen molar-refractivity contribution in [2.45, 2.75) is 58.4 Å². The quantitative estimate of drug-likeness (QED) is 0.705. The first-order valence-corrected chi connectivity index (χ1v) is 10.4. The number of amides is 1. The number of carbonyl (C=O) groups is 1. The zero-order chi connectivity index (χ0) is 18.5. The summed E-state index contributed by atoms with van der Waals surface area (Å²) in [6.45, 7) is 8.56. The van der Waals surface area contributed by atoms with Gasteiger partial charge in [0.2, 0.25) is 5.91 Å². The lowest BCUT2D eigenvalue weighted by Gasteiger charge is -2.42. The van der Waals surface area contributed by atoms with Gasteiger partial charge in [-0.2, -0.15) is 0 Å². The normalized spacial score (nSPS) is 23.0. The third kappa shape index (κ3) is 6.53. The molecule has 0 radical (unpaired) electrons. The number of benzene rings is 1. The molecule has 2 aliphatic rings. The van der Waals surface area contributed by atoms with E-state index < -0.39 is 0 Å². The van der Waals surface area contributed by atoms with E-state index in [2.05, 4.69) is 23.6 Å². The van der Waals surface area contributed by atoms with Crippen molar-refractivity contribution in [3.05, 3.63) is 29.8 Å². The topological polar surface area (TPSA) is 49.6 Å². The molecule has 1 saturated carbocycles. The predicted octanol–water partition coefficient (Wildman–Crippen LogP) is 4.40. The minimum Gasteiger partial charge on any atom is -0.399 e. The van der Waals surface area contributed by atoms with Gasteiger partial charge in [-0.15, -0.1) is 24.8 Å². The summed E-state index contributed by atoms with van der Waals surface area (Å²) in [5.41, 5.74) is 7.86. The fourth-order valence-electron chi connectivity index (χ4n) is 4.63. The molecular formula is C22H37Cl2N3O. The van der Waals surface area contributed by atoms with E-state index in [1.165, 1.54) is 25.7 Å². The van der Waals surface area contributed by atoms with Crippen molar-refractivity contribution in [3.8, 4) is 0 Å². The van der Waals surface area contributed by atoms with Crippen molar-refractivity contribution >= 4 is 36.4 Å². The summed E-state index contributed by atoms with van der Waals surface area (Å²) in [5, 5.41) is 0. The highest BCUT2D eigenvalue weighted by Gasteiger charge is 2.30. The van der Waals surface area contributed by atoms with Crippen LogP contribution in [0.15, 0.2) is 24.3 Å². The molecule has 1 aliphatic heterocycles. The maximum Gasteiger partial charge on any atom is 0.222 e. The SMILES string of the molecule is CC(C)C1CCC(N2CCN(C(=O)CCc3ccccc3N)CC2)CC1.Cl.Cl. The van der Waals surface area contributed by atoms with E-state index in [4.69, 9.17) is 5.73 Å². The number of carbonyl (C=O) groups excluding carboxylic acids is 1. The molecule has 0 unspecified atom stereocenters. The van der Waals surface area contributed by atoms with Gasteiger partial charge < -0.3 is 10.6 Å².